The highest BCUT2D eigenvalue weighted by Crippen LogP contribution is 2.33. The van der Waals surface area contributed by atoms with E-state index < -0.39 is 5.97 Å². The maximum Gasteiger partial charge on any atom is 0.339 e. The Kier molecular flexibility index (Phi) is 6.02. The normalized spacial score (nSPS) is 13.3. The number of likely N-dealkylation sites (tertiary alicyclic amines) is 1. The fraction of sp³-hybridized carbons (Fsp3) is 0.292. The number of rotatable bonds is 6. The van der Waals surface area contributed by atoms with Crippen LogP contribution in [0.25, 0.3) is 22.2 Å². The van der Waals surface area contributed by atoms with Crippen LogP contribution in [0.5, 0.6) is 11.5 Å². The van der Waals surface area contributed by atoms with E-state index in [1.54, 1.807) is 31.3 Å². The molecule has 1 aliphatic rings. The average molecular weight is 420 g/mol. The predicted octanol–water partition coefficient (Wildman–Crippen LogP) is 3.70. The molecule has 1 aromatic heterocycles. The fourth-order valence-corrected chi connectivity index (χ4v) is 3.75. The average Bonchev–Trinajstić information content (AvgIpc) is 3.36. The first-order chi connectivity index (χ1) is 15.1. The van der Waals surface area contributed by atoms with E-state index >= 15 is 0 Å². The van der Waals surface area contributed by atoms with Crippen molar-refractivity contribution in [1.82, 2.24) is 9.88 Å². The van der Waals surface area contributed by atoms with Crippen LogP contribution >= 0.6 is 0 Å². The molecule has 1 fully saturated rings. The summed E-state index contributed by atoms with van der Waals surface area (Å²) in [4.78, 5) is 31.6. The van der Waals surface area contributed by atoms with Crippen molar-refractivity contribution in [3.63, 3.8) is 0 Å². The highest BCUT2D eigenvalue weighted by atomic mass is 16.5. The zero-order valence-electron chi connectivity index (χ0n) is 17.6. The molecule has 0 unspecified atom stereocenters. The summed E-state index contributed by atoms with van der Waals surface area (Å²) in [6.07, 6.45) is 1.98. The molecule has 2 heterocycles. The van der Waals surface area contributed by atoms with E-state index in [1.807, 2.05) is 36.4 Å². The number of aromatic nitrogens is 1. The van der Waals surface area contributed by atoms with Gasteiger partial charge in [-0.2, -0.15) is 0 Å². The lowest BCUT2D eigenvalue weighted by Gasteiger charge is -2.15. The Morgan fingerprint density at radius 2 is 1.71 bits per heavy atom. The molecule has 1 amide bonds. The van der Waals surface area contributed by atoms with Crippen LogP contribution in [0.1, 0.15) is 23.2 Å². The monoisotopic (exact) mass is 420 g/mol. The van der Waals surface area contributed by atoms with E-state index in [2.05, 4.69) is 0 Å². The molecule has 160 valence electrons. The summed E-state index contributed by atoms with van der Waals surface area (Å²) in [5.74, 6) is 0.458. The quantitative estimate of drug-likeness (QED) is 0.566. The maximum absolute atomic E-state index is 12.9. The largest absolute Gasteiger partial charge is 0.493 e. The molecule has 1 aliphatic heterocycles. The molecule has 31 heavy (non-hydrogen) atoms. The molecule has 0 aliphatic carbocycles. The number of pyridine rings is 1. The van der Waals surface area contributed by atoms with Crippen LogP contribution < -0.4 is 9.47 Å². The van der Waals surface area contributed by atoms with E-state index in [4.69, 9.17) is 19.2 Å². The standard InChI is InChI=1S/C24H24N2O5/c1-29-21-10-9-16(13-22(21)30-2)20-14-18(17-7-3-4-8-19(17)25-20)24(28)31-15-23(27)26-11-5-6-12-26/h3-4,7-10,13-14H,5-6,11-12,15H2,1-2H3. The highest BCUT2D eigenvalue weighted by molar-refractivity contribution is 6.05. The number of methoxy groups -OCH3 is 2. The van der Waals surface area contributed by atoms with Gasteiger partial charge in [0.15, 0.2) is 18.1 Å². The number of para-hydroxylation sites is 1. The van der Waals surface area contributed by atoms with Crippen molar-refractivity contribution in [3.05, 3.63) is 54.1 Å². The Labute approximate surface area is 180 Å². The number of hydrogen-bond acceptors (Lipinski definition) is 6. The summed E-state index contributed by atoms with van der Waals surface area (Å²) >= 11 is 0. The molecule has 3 aromatic rings. The first kappa shape index (κ1) is 20.7. The molecule has 4 rings (SSSR count). The number of amides is 1. The van der Waals surface area contributed by atoms with Gasteiger partial charge in [0.25, 0.3) is 5.91 Å². The van der Waals surface area contributed by atoms with Gasteiger partial charge >= 0.3 is 5.97 Å². The fourth-order valence-electron chi connectivity index (χ4n) is 3.75. The molecule has 0 radical (unpaired) electrons. The van der Waals surface area contributed by atoms with Crippen LogP contribution in [0.2, 0.25) is 0 Å². The molecule has 2 aromatic carbocycles. The van der Waals surface area contributed by atoms with Gasteiger partial charge in [-0.3, -0.25) is 4.79 Å². The van der Waals surface area contributed by atoms with Crippen molar-refractivity contribution in [2.45, 2.75) is 12.8 Å². The number of hydrogen-bond donors (Lipinski definition) is 0. The van der Waals surface area contributed by atoms with Gasteiger partial charge in [-0.25, -0.2) is 9.78 Å². The van der Waals surface area contributed by atoms with Gasteiger partial charge < -0.3 is 19.1 Å². The summed E-state index contributed by atoms with van der Waals surface area (Å²) in [6, 6.07) is 14.5. The van der Waals surface area contributed by atoms with Crippen LogP contribution in [0.15, 0.2) is 48.5 Å². The van der Waals surface area contributed by atoms with E-state index in [9.17, 15) is 9.59 Å². The second-order valence-electron chi connectivity index (χ2n) is 7.31. The van der Waals surface area contributed by atoms with Crippen molar-refractivity contribution < 1.29 is 23.8 Å². The van der Waals surface area contributed by atoms with Crippen molar-refractivity contribution in [3.8, 4) is 22.8 Å². The lowest BCUT2D eigenvalue weighted by atomic mass is 10.0. The second kappa shape index (κ2) is 9.04. The molecule has 7 nitrogen and oxygen atoms in total. The third-order valence-electron chi connectivity index (χ3n) is 5.40. The lowest BCUT2D eigenvalue weighted by molar-refractivity contribution is -0.133. The van der Waals surface area contributed by atoms with Gasteiger partial charge in [-0.1, -0.05) is 18.2 Å². The number of carbonyl (C=O) groups is 2. The minimum absolute atomic E-state index is 0.163. The van der Waals surface area contributed by atoms with Crippen LogP contribution in [0.3, 0.4) is 0 Å². The van der Waals surface area contributed by atoms with Crippen molar-refractivity contribution >= 4 is 22.8 Å². The van der Waals surface area contributed by atoms with Crippen LogP contribution in [0, 0.1) is 0 Å². The molecule has 0 atom stereocenters. The molecule has 0 spiro atoms. The van der Waals surface area contributed by atoms with Gasteiger partial charge in [-0.05, 0) is 43.2 Å². The summed E-state index contributed by atoms with van der Waals surface area (Å²) in [5.41, 5.74) is 2.39. The second-order valence-corrected chi connectivity index (χ2v) is 7.31. The Morgan fingerprint density at radius 3 is 2.45 bits per heavy atom. The minimum atomic E-state index is -0.548. The number of ether oxygens (including phenoxy) is 3. The van der Waals surface area contributed by atoms with E-state index in [0.717, 1.165) is 31.5 Å². The minimum Gasteiger partial charge on any atom is -0.493 e. The summed E-state index contributed by atoms with van der Waals surface area (Å²) in [6.45, 7) is 1.18. The van der Waals surface area contributed by atoms with Gasteiger partial charge in [0, 0.05) is 24.0 Å². The van der Waals surface area contributed by atoms with Gasteiger partial charge in [-0.15, -0.1) is 0 Å². The van der Waals surface area contributed by atoms with Crippen molar-refractivity contribution in [2.75, 3.05) is 33.9 Å². The summed E-state index contributed by atoms with van der Waals surface area (Å²) < 4.78 is 16.1. The Balaban J connectivity index is 1.66. The Bertz CT molecular complexity index is 1120. The van der Waals surface area contributed by atoms with Crippen LogP contribution in [-0.4, -0.2) is 55.7 Å². The zero-order chi connectivity index (χ0) is 21.8. The molecule has 1 saturated heterocycles. The first-order valence-corrected chi connectivity index (χ1v) is 10.2. The number of fused-ring (bicyclic) bond motifs is 1. The Hall–Kier alpha value is -3.61. The summed E-state index contributed by atoms with van der Waals surface area (Å²) in [7, 11) is 3.14. The molecular weight excluding hydrogens is 396 g/mol. The maximum atomic E-state index is 12.9. The number of nitrogens with zero attached hydrogens (tertiary/aromatic N) is 2. The molecule has 7 heteroatoms. The van der Waals surface area contributed by atoms with E-state index in [1.165, 1.54) is 0 Å². The van der Waals surface area contributed by atoms with E-state index in [0.29, 0.717) is 33.7 Å². The van der Waals surface area contributed by atoms with Gasteiger partial charge in [0.2, 0.25) is 0 Å². The third kappa shape index (κ3) is 4.30. The SMILES string of the molecule is COc1ccc(-c2cc(C(=O)OCC(=O)N3CCCC3)c3ccccc3n2)cc1OC. The molecule has 0 bridgehead atoms. The summed E-state index contributed by atoms with van der Waals surface area (Å²) in [5, 5.41) is 0.672. The zero-order valence-corrected chi connectivity index (χ0v) is 17.6. The van der Waals surface area contributed by atoms with Crippen molar-refractivity contribution in [1.29, 1.82) is 0 Å². The first-order valence-electron chi connectivity index (χ1n) is 10.2. The predicted molar refractivity (Wildman–Crippen MR) is 116 cm³/mol. The molecule has 0 saturated carbocycles. The number of esters is 1. The molecule has 0 N–H and O–H groups in total. The lowest BCUT2D eigenvalue weighted by Crippen LogP contribution is -2.32. The van der Waals surface area contributed by atoms with Crippen LogP contribution in [-0.2, 0) is 9.53 Å². The van der Waals surface area contributed by atoms with E-state index in [-0.39, 0.29) is 12.5 Å². The molecular formula is C24H24N2O5. The van der Waals surface area contributed by atoms with Gasteiger partial charge in [0.1, 0.15) is 0 Å². The van der Waals surface area contributed by atoms with Crippen molar-refractivity contribution in [2.24, 2.45) is 0 Å². The highest BCUT2D eigenvalue weighted by Gasteiger charge is 2.21. The smallest absolute Gasteiger partial charge is 0.339 e. The number of carbonyl (C=O) groups excluding carboxylic acids is 2. The van der Waals surface area contributed by atoms with Crippen LogP contribution in [0.4, 0.5) is 0 Å². The Morgan fingerprint density at radius 1 is 0.968 bits per heavy atom. The number of benzene rings is 2. The van der Waals surface area contributed by atoms with Gasteiger partial charge in [0.05, 0.1) is 31.0 Å². The third-order valence-corrected chi connectivity index (χ3v) is 5.40. The topological polar surface area (TPSA) is 78.0 Å².